The molecular weight excluding hydrogens is 416 g/mol. The Morgan fingerprint density at radius 3 is 0.750 bits per heavy atom. The molecule has 0 aliphatic carbocycles. The van der Waals surface area contributed by atoms with E-state index in [0.717, 1.165) is 78.0 Å². The van der Waals surface area contributed by atoms with E-state index >= 15 is 0 Å². The van der Waals surface area contributed by atoms with Crippen LogP contribution in [0.3, 0.4) is 0 Å². The molecule has 0 aromatic rings. The molecule has 0 bridgehead atoms. The van der Waals surface area contributed by atoms with E-state index in [0.29, 0.717) is 26.2 Å². The van der Waals surface area contributed by atoms with Gasteiger partial charge >= 0.3 is 23.6 Å². The van der Waals surface area contributed by atoms with Crippen LogP contribution < -0.4 is 42.5 Å². The number of rotatable bonds is 0. The van der Waals surface area contributed by atoms with Gasteiger partial charge in [0.2, 0.25) is 0 Å². The van der Waals surface area contributed by atoms with Crippen LogP contribution in [0, 0.1) is 0 Å². The van der Waals surface area contributed by atoms with Crippen LogP contribution in [-0.4, -0.2) is 102 Å². The Morgan fingerprint density at radius 1 is 0.312 bits per heavy atom. The zero-order chi connectivity index (χ0) is 23.3. The van der Waals surface area contributed by atoms with Gasteiger partial charge in [0.05, 0.1) is 0 Å². The van der Waals surface area contributed by atoms with Crippen molar-refractivity contribution in [1.82, 2.24) is 42.5 Å². The van der Waals surface area contributed by atoms with Gasteiger partial charge in [-0.2, -0.15) is 0 Å². The molecule has 0 aromatic heterocycles. The molecule has 1 fully saturated rings. The van der Waals surface area contributed by atoms with Gasteiger partial charge in [0.15, 0.2) is 0 Å². The molecule has 0 atom stereocenters. The summed E-state index contributed by atoms with van der Waals surface area (Å²) in [6.45, 7) is 7.76. The summed E-state index contributed by atoms with van der Waals surface area (Å²) < 4.78 is 0. The zero-order valence-electron chi connectivity index (χ0n) is 18.9. The fraction of sp³-hybridized carbons (Fsp3) is 0.800. The second-order valence-electron chi connectivity index (χ2n) is 7.44. The third-order valence-corrected chi connectivity index (χ3v) is 4.63. The minimum atomic E-state index is -0.597. The Bertz CT molecular complexity index is 466. The van der Waals surface area contributed by atoms with E-state index in [9.17, 15) is 19.2 Å². The van der Waals surface area contributed by atoms with Crippen LogP contribution in [-0.2, 0) is 19.2 Å². The first-order valence-electron chi connectivity index (χ1n) is 11.6. The van der Waals surface area contributed by atoms with Crippen molar-refractivity contribution in [3.8, 4) is 0 Å². The van der Waals surface area contributed by atoms with Gasteiger partial charge in [0.25, 0.3) is 0 Å². The summed E-state index contributed by atoms with van der Waals surface area (Å²) in [6, 6.07) is 0. The van der Waals surface area contributed by atoms with Gasteiger partial charge in [-0.25, -0.2) is 0 Å². The molecule has 0 unspecified atom stereocenters. The largest absolute Gasteiger partial charge is 0.348 e. The fourth-order valence-electron chi connectivity index (χ4n) is 2.84. The van der Waals surface area contributed by atoms with Crippen molar-refractivity contribution in [3.63, 3.8) is 0 Å². The topological polar surface area (TPSA) is 165 Å². The molecule has 1 rings (SSSR count). The average Bonchev–Trinajstić information content (AvgIpc) is 2.79. The van der Waals surface area contributed by atoms with Gasteiger partial charge < -0.3 is 42.5 Å². The van der Waals surface area contributed by atoms with E-state index < -0.39 is 23.6 Å². The molecule has 1 saturated heterocycles. The molecule has 8 N–H and O–H groups in total. The number of hydrogen-bond donors (Lipinski definition) is 8. The molecule has 184 valence electrons. The monoisotopic (exact) mass is 456 g/mol. The van der Waals surface area contributed by atoms with Crippen LogP contribution in [0.5, 0.6) is 0 Å². The number of amides is 4. The van der Waals surface area contributed by atoms with Gasteiger partial charge in [0, 0.05) is 52.4 Å². The summed E-state index contributed by atoms with van der Waals surface area (Å²) in [5.41, 5.74) is 0. The Hall–Kier alpha value is -2.28. The zero-order valence-corrected chi connectivity index (χ0v) is 18.9. The quantitative estimate of drug-likeness (QED) is 0.173. The molecule has 0 aromatic carbocycles. The molecular formula is C20H40N8O4. The maximum atomic E-state index is 11.7. The Kier molecular flexibility index (Phi) is 16.8. The first-order chi connectivity index (χ1) is 15.6. The molecule has 1 aliphatic heterocycles. The highest BCUT2D eigenvalue weighted by Crippen LogP contribution is 1.80. The summed E-state index contributed by atoms with van der Waals surface area (Å²) in [6.07, 6.45) is 2.91. The molecule has 0 spiro atoms. The van der Waals surface area contributed by atoms with Crippen LogP contribution in [0.2, 0.25) is 0 Å². The summed E-state index contributed by atoms with van der Waals surface area (Å²) in [5.74, 6) is -2.39. The number of carbonyl (C=O) groups is 4. The maximum Gasteiger partial charge on any atom is 0.309 e. The molecule has 0 radical (unpaired) electrons. The van der Waals surface area contributed by atoms with Gasteiger partial charge in [-0.15, -0.1) is 0 Å². The van der Waals surface area contributed by atoms with E-state index in [-0.39, 0.29) is 0 Å². The molecule has 12 heteroatoms. The highest BCUT2D eigenvalue weighted by molar-refractivity contribution is 6.35. The lowest BCUT2D eigenvalue weighted by atomic mass is 10.3. The van der Waals surface area contributed by atoms with Crippen molar-refractivity contribution in [1.29, 1.82) is 0 Å². The van der Waals surface area contributed by atoms with Crippen molar-refractivity contribution in [2.45, 2.75) is 25.7 Å². The van der Waals surface area contributed by atoms with Crippen LogP contribution in [0.15, 0.2) is 0 Å². The third-order valence-electron chi connectivity index (χ3n) is 4.63. The van der Waals surface area contributed by atoms with Crippen molar-refractivity contribution in [3.05, 3.63) is 0 Å². The van der Waals surface area contributed by atoms with Crippen molar-refractivity contribution >= 4 is 23.6 Å². The first kappa shape index (κ1) is 27.8. The lowest BCUT2D eigenvalue weighted by molar-refractivity contribution is -0.139. The SMILES string of the molecule is O=C1NCCCNCCNCCCNC(=O)C(=O)NCCCNCCNCCCNC1=O. The van der Waals surface area contributed by atoms with Gasteiger partial charge in [-0.05, 0) is 51.9 Å². The highest BCUT2D eigenvalue weighted by atomic mass is 16.2. The normalized spacial score (nSPS) is 21.8. The molecule has 12 nitrogen and oxygen atoms in total. The standard InChI is InChI=1S/C20H40N8O4/c29-17-18(30)26-10-3-7-23-15-16-24-8-4-12-28-20(32)19(31)27-11-2-6-22-14-13-21-5-1-9-25-17/h21-24H,1-16H2,(H,25,29)(H,26,30)(H,27,31)(H,28,32). The highest BCUT2D eigenvalue weighted by Gasteiger charge is 2.12. The molecule has 32 heavy (non-hydrogen) atoms. The molecule has 1 heterocycles. The van der Waals surface area contributed by atoms with E-state index in [1.165, 1.54) is 0 Å². The van der Waals surface area contributed by atoms with Crippen LogP contribution in [0.1, 0.15) is 25.7 Å². The van der Waals surface area contributed by atoms with Crippen molar-refractivity contribution < 1.29 is 19.2 Å². The van der Waals surface area contributed by atoms with Gasteiger partial charge in [-0.3, -0.25) is 19.2 Å². The van der Waals surface area contributed by atoms with E-state index in [2.05, 4.69) is 42.5 Å². The van der Waals surface area contributed by atoms with E-state index in [1.807, 2.05) is 0 Å². The van der Waals surface area contributed by atoms with Crippen LogP contribution in [0.25, 0.3) is 0 Å². The smallest absolute Gasteiger partial charge is 0.309 e. The predicted molar refractivity (Wildman–Crippen MR) is 122 cm³/mol. The van der Waals surface area contributed by atoms with Crippen molar-refractivity contribution in [2.24, 2.45) is 0 Å². The second kappa shape index (κ2) is 19.4. The van der Waals surface area contributed by atoms with E-state index in [1.54, 1.807) is 0 Å². The molecule has 1 aliphatic rings. The summed E-state index contributed by atoms with van der Waals surface area (Å²) in [7, 11) is 0. The van der Waals surface area contributed by atoms with Crippen LogP contribution in [0.4, 0.5) is 0 Å². The van der Waals surface area contributed by atoms with E-state index in [4.69, 9.17) is 0 Å². The summed E-state index contributed by atoms with van der Waals surface area (Å²) in [4.78, 5) is 46.9. The molecule has 0 saturated carbocycles. The third kappa shape index (κ3) is 15.5. The predicted octanol–water partition coefficient (Wildman–Crippen LogP) is -3.62. The van der Waals surface area contributed by atoms with Crippen molar-refractivity contribution in [2.75, 3.05) is 78.5 Å². The van der Waals surface area contributed by atoms with Crippen LogP contribution >= 0.6 is 0 Å². The number of carbonyl (C=O) groups excluding carboxylic acids is 4. The fourth-order valence-corrected chi connectivity index (χ4v) is 2.84. The first-order valence-corrected chi connectivity index (χ1v) is 11.6. The maximum absolute atomic E-state index is 11.7. The van der Waals surface area contributed by atoms with Gasteiger partial charge in [-0.1, -0.05) is 0 Å². The number of hydrogen-bond acceptors (Lipinski definition) is 8. The minimum absolute atomic E-state index is 0.439. The minimum Gasteiger partial charge on any atom is -0.348 e. The lowest BCUT2D eigenvalue weighted by Crippen LogP contribution is -2.42. The summed E-state index contributed by atoms with van der Waals surface area (Å²) >= 11 is 0. The Balaban J connectivity index is 2.26. The Labute approximate surface area is 190 Å². The lowest BCUT2D eigenvalue weighted by Gasteiger charge is -2.10. The second-order valence-corrected chi connectivity index (χ2v) is 7.44. The average molecular weight is 457 g/mol. The molecule has 4 amide bonds. The summed E-state index contributed by atoms with van der Waals surface area (Å²) in [5, 5.41) is 23.5. The van der Waals surface area contributed by atoms with Gasteiger partial charge in [0.1, 0.15) is 0 Å². The number of nitrogens with one attached hydrogen (secondary N) is 8. The Morgan fingerprint density at radius 2 is 0.531 bits per heavy atom.